The third-order valence-electron chi connectivity index (χ3n) is 4.54. The van der Waals surface area contributed by atoms with Crippen LogP contribution in [0.5, 0.6) is 0 Å². The molecule has 3 N–H and O–H groups in total. The molecule has 0 radical (unpaired) electrons. The highest BCUT2D eigenvalue weighted by Crippen LogP contribution is 2.39. The lowest BCUT2D eigenvalue weighted by Gasteiger charge is -2.37. The molecule has 120 valence electrons. The molecule has 2 rings (SSSR count). The molecule has 0 heterocycles. The molecular weight excluding hydrogens is 280 g/mol. The zero-order chi connectivity index (χ0) is 16.0. The van der Waals surface area contributed by atoms with Gasteiger partial charge in [-0.05, 0) is 36.9 Å². The number of carboxylic acids is 1. The first-order valence-electron chi connectivity index (χ1n) is 7.84. The minimum absolute atomic E-state index is 0.152. The van der Waals surface area contributed by atoms with E-state index in [0.717, 1.165) is 25.7 Å². The Morgan fingerprint density at radius 1 is 1.14 bits per heavy atom. The standard InChI is InChI=1S/C17H24N2O3/c18-13-17(9-5-2-6-10-17)11-15(20)19(12-16(21)22)14-7-3-1-4-8-14/h1,3-4,7-8H,2,5-6,9-13,18H2,(H,21,22). The number of benzene rings is 1. The van der Waals surface area contributed by atoms with Crippen LogP contribution >= 0.6 is 0 Å². The van der Waals surface area contributed by atoms with Crippen LogP contribution in [0.4, 0.5) is 5.69 Å². The Labute approximate surface area is 131 Å². The Morgan fingerprint density at radius 3 is 2.32 bits per heavy atom. The predicted molar refractivity (Wildman–Crippen MR) is 85.6 cm³/mol. The van der Waals surface area contributed by atoms with E-state index in [1.807, 2.05) is 6.07 Å². The van der Waals surface area contributed by atoms with Crippen LogP contribution in [-0.2, 0) is 9.59 Å². The summed E-state index contributed by atoms with van der Waals surface area (Å²) in [6.07, 6.45) is 5.60. The van der Waals surface area contributed by atoms with Crippen molar-refractivity contribution < 1.29 is 14.7 Å². The maximum atomic E-state index is 12.7. The van der Waals surface area contributed by atoms with Gasteiger partial charge in [0.1, 0.15) is 6.54 Å². The number of para-hydroxylation sites is 1. The van der Waals surface area contributed by atoms with Gasteiger partial charge >= 0.3 is 5.97 Å². The summed E-state index contributed by atoms with van der Waals surface area (Å²) in [6, 6.07) is 8.97. The Kier molecular flexibility index (Phi) is 5.55. The van der Waals surface area contributed by atoms with Crippen LogP contribution < -0.4 is 10.6 Å². The fourth-order valence-corrected chi connectivity index (χ4v) is 3.24. The molecule has 0 unspecified atom stereocenters. The zero-order valence-electron chi connectivity index (χ0n) is 12.8. The molecule has 0 spiro atoms. The van der Waals surface area contributed by atoms with Crippen LogP contribution in [0.3, 0.4) is 0 Å². The number of carboxylic acid groups (broad SMARTS) is 1. The fraction of sp³-hybridized carbons (Fsp3) is 0.529. The van der Waals surface area contributed by atoms with Gasteiger partial charge in [0, 0.05) is 12.1 Å². The number of nitrogens with zero attached hydrogens (tertiary/aromatic N) is 1. The number of anilines is 1. The summed E-state index contributed by atoms with van der Waals surface area (Å²) in [6.45, 7) is 0.165. The topological polar surface area (TPSA) is 83.6 Å². The second kappa shape index (κ2) is 7.40. The van der Waals surface area contributed by atoms with E-state index in [1.165, 1.54) is 11.3 Å². The van der Waals surface area contributed by atoms with Gasteiger partial charge in [-0.2, -0.15) is 0 Å². The normalized spacial score (nSPS) is 17.0. The highest BCUT2D eigenvalue weighted by atomic mass is 16.4. The lowest BCUT2D eigenvalue weighted by Crippen LogP contribution is -2.42. The Morgan fingerprint density at radius 2 is 1.77 bits per heavy atom. The average molecular weight is 304 g/mol. The zero-order valence-corrected chi connectivity index (χ0v) is 12.8. The molecule has 5 nitrogen and oxygen atoms in total. The number of rotatable bonds is 6. The van der Waals surface area contributed by atoms with E-state index >= 15 is 0 Å². The first kappa shape index (κ1) is 16.5. The summed E-state index contributed by atoms with van der Waals surface area (Å²) in [4.78, 5) is 25.2. The number of hydrogen-bond acceptors (Lipinski definition) is 3. The average Bonchev–Trinajstić information content (AvgIpc) is 2.54. The molecule has 22 heavy (non-hydrogen) atoms. The molecule has 5 heteroatoms. The highest BCUT2D eigenvalue weighted by Gasteiger charge is 2.35. The molecular formula is C17H24N2O3. The van der Waals surface area contributed by atoms with E-state index in [2.05, 4.69) is 0 Å². The van der Waals surface area contributed by atoms with Crippen LogP contribution in [0, 0.1) is 5.41 Å². The van der Waals surface area contributed by atoms with Crippen LogP contribution in [0.15, 0.2) is 30.3 Å². The van der Waals surface area contributed by atoms with Gasteiger partial charge in [-0.15, -0.1) is 0 Å². The SMILES string of the molecule is NCC1(CC(=O)N(CC(=O)O)c2ccccc2)CCCCC1. The highest BCUT2D eigenvalue weighted by molar-refractivity contribution is 5.97. The summed E-state index contributed by atoms with van der Waals surface area (Å²) in [5.41, 5.74) is 6.40. The largest absolute Gasteiger partial charge is 0.480 e. The van der Waals surface area contributed by atoms with Crippen molar-refractivity contribution in [2.75, 3.05) is 18.0 Å². The van der Waals surface area contributed by atoms with E-state index in [0.29, 0.717) is 18.7 Å². The minimum Gasteiger partial charge on any atom is -0.480 e. The van der Waals surface area contributed by atoms with Crippen molar-refractivity contribution in [1.82, 2.24) is 0 Å². The number of hydrogen-bond donors (Lipinski definition) is 2. The van der Waals surface area contributed by atoms with E-state index in [1.54, 1.807) is 24.3 Å². The summed E-state index contributed by atoms with van der Waals surface area (Å²) in [5.74, 6) is -1.16. The van der Waals surface area contributed by atoms with Gasteiger partial charge < -0.3 is 15.7 Å². The maximum absolute atomic E-state index is 12.7. The molecule has 1 amide bonds. The number of carbonyl (C=O) groups excluding carboxylic acids is 1. The fourth-order valence-electron chi connectivity index (χ4n) is 3.24. The number of aliphatic carboxylic acids is 1. The minimum atomic E-state index is -1.01. The van der Waals surface area contributed by atoms with Gasteiger partial charge in [0.25, 0.3) is 0 Å². The molecule has 1 aromatic carbocycles. The Bertz CT molecular complexity index is 510. The van der Waals surface area contributed by atoms with Crippen molar-refractivity contribution in [3.63, 3.8) is 0 Å². The van der Waals surface area contributed by atoms with E-state index < -0.39 is 5.97 Å². The molecule has 0 atom stereocenters. The van der Waals surface area contributed by atoms with E-state index in [4.69, 9.17) is 10.8 Å². The number of amides is 1. The molecule has 0 saturated heterocycles. The van der Waals surface area contributed by atoms with Gasteiger partial charge in [0.05, 0.1) is 0 Å². The van der Waals surface area contributed by atoms with Crippen molar-refractivity contribution >= 4 is 17.6 Å². The Hall–Kier alpha value is -1.88. The maximum Gasteiger partial charge on any atom is 0.323 e. The third-order valence-corrected chi connectivity index (χ3v) is 4.54. The molecule has 1 aliphatic carbocycles. The van der Waals surface area contributed by atoms with Gasteiger partial charge in [0.2, 0.25) is 5.91 Å². The monoisotopic (exact) mass is 304 g/mol. The van der Waals surface area contributed by atoms with Crippen LogP contribution in [0.25, 0.3) is 0 Å². The van der Waals surface area contributed by atoms with Gasteiger partial charge in [0.15, 0.2) is 0 Å². The first-order valence-corrected chi connectivity index (χ1v) is 7.84. The van der Waals surface area contributed by atoms with Crippen LogP contribution in [0.2, 0.25) is 0 Å². The lowest BCUT2D eigenvalue weighted by atomic mass is 9.71. The van der Waals surface area contributed by atoms with Crippen LogP contribution in [-0.4, -0.2) is 30.1 Å². The number of nitrogens with two attached hydrogens (primary N) is 1. The molecule has 1 fully saturated rings. The van der Waals surface area contributed by atoms with Crippen molar-refractivity contribution in [3.8, 4) is 0 Å². The van der Waals surface area contributed by atoms with Crippen molar-refractivity contribution in [2.24, 2.45) is 11.1 Å². The second-order valence-corrected chi connectivity index (χ2v) is 6.15. The van der Waals surface area contributed by atoms with Crippen molar-refractivity contribution in [2.45, 2.75) is 38.5 Å². The molecule has 0 bridgehead atoms. The summed E-state index contributed by atoms with van der Waals surface area (Å²) < 4.78 is 0. The smallest absolute Gasteiger partial charge is 0.323 e. The lowest BCUT2D eigenvalue weighted by molar-refractivity contribution is -0.137. The summed E-state index contributed by atoms with van der Waals surface area (Å²) >= 11 is 0. The first-order chi connectivity index (χ1) is 10.6. The van der Waals surface area contributed by atoms with Crippen molar-refractivity contribution in [3.05, 3.63) is 30.3 Å². The summed E-state index contributed by atoms with van der Waals surface area (Å²) in [5, 5.41) is 9.10. The van der Waals surface area contributed by atoms with E-state index in [-0.39, 0.29) is 17.9 Å². The Balaban J connectivity index is 2.16. The molecule has 0 aliphatic heterocycles. The molecule has 0 aromatic heterocycles. The van der Waals surface area contributed by atoms with Gasteiger partial charge in [-0.3, -0.25) is 9.59 Å². The second-order valence-electron chi connectivity index (χ2n) is 6.15. The molecule has 1 aromatic rings. The number of carbonyl (C=O) groups is 2. The van der Waals surface area contributed by atoms with Gasteiger partial charge in [-0.1, -0.05) is 37.5 Å². The molecule has 1 aliphatic rings. The van der Waals surface area contributed by atoms with E-state index in [9.17, 15) is 9.59 Å². The molecule has 1 saturated carbocycles. The third kappa shape index (κ3) is 4.07. The predicted octanol–water partition coefficient (Wildman–Crippen LogP) is 2.40. The van der Waals surface area contributed by atoms with Crippen LogP contribution in [0.1, 0.15) is 38.5 Å². The quantitative estimate of drug-likeness (QED) is 0.845. The summed E-state index contributed by atoms with van der Waals surface area (Å²) in [7, 11) is 0. The van der Waals surface area contributed by atoms with Gasteiger partial charge in [-0.25, -0.2) is 0 Å². The van der Waals surface area contributed by atoms with Crippen molar-refractivity contribution in [1.29, 1.82) is 0 Å².